The van der Waals surface area contributed by atoms with Gasteiger partial charge in [-0.15, -0.1) is 0 Å². The van der Waals surface area contributed by atoms with E-state index in [0.717, 1.165) is 16.9 Å². The molecule has 0 fully saturated rings. The van der Waals surface area contributed by atoms with Crippen molar-refractivity contribution in [2.24, 2.45) is 0 Å². The first-order chi connectivity index (χ1) is 12.5. The van der Waals surface area contributed by atoms with Gasteiger partial charge in [-0.1, -0.05) is 29.8 Å². The quantitative estimate of drug-likeness (QED) is 0.721. The van der Waals surface area contributed by atoms with Gasteiger partial charge in [0.25, 0.3) is 5.91 Å². The molecule has 5 nitrogen and oxygen atoms in total. The average molecular weight is 346 g/mol. The maximum atomic E-state index is 12.0. The zero-order valence-corrected chi connectivity index (χ0v) is 15.2. The molecule has 26 heavy (non-hydrogen) atoms. The molecule has 0 spiro atoms. The zero-order valence-electron chi connectivity index (χ0n) is 15.2. The first-order valence-corrected chi connectivity index (χ1v) is 8.58. The van der Waals surface area contributed by atoms with Crippen molar-refractivity contribution in [1.82, 2.24) is 15.3 Å². The normalized spacial score (nSPS) is 10.6. The maximum Gasteiger partial charge on any atom is 0.251 e. The smallest absolute Gasteiger partial charge is 0.251 e. The molecule has 0 radical (unpaired) electrons. The number of hydrogen-bond donors (Lipinski definition) is 2. The molecule has 0 bridgehead atoms. The van der Waals surface area contributed by atoms with Gasteiger partial charge < -0.3 is 10.6 Å². The molecule has 132 valence electrons. The Morgan fingerprint density at radius 3 is 2.31 bits per heavy atom. The summed E-state index contributed by atoms with van der Waals surface area (Å²) in [4.78, 5) is 20.6. The van der Waals surface area contributed by atoms with E-state index in [1.807, 2.05) is 44.2 Å². The molecular formula is C21H22N4O. The third kappa shape index (κ3) is 4.45. The first kappa shape index (κ1) is 17.6. The molecule has 2 N–H and O–H groups in total. The molecule has 0 aliphatic carbocycles. The molecule has 1 heterocycles. The van der Waals surface area contributed by atoms with Gasteiger partial charge in [-0.3, -0.25) is 4.79 Å². The number of aryl methyl sites for hydroxylation is 1. The lowest BCUT2D eigenvalue weighted by Gasteiger charge is -2.10. The number of hydrogen-bond acceptors (Lipinski definition) is 4. The van der Waals surface area contributed by atoms with E-state index in [4.69, 9.17) is 0 Å². The Morgan fingerprint density at radius 1 is 0.962 bits per heavy atom. The Labute approximate surface area is 153 Å². The maximum absolute atomic E-state index is 12.0. The minimum atomic E-state index is -0.0738. The van der Waals surface area contributed by atoms with Crippen molar-refractivity contribution >= 4 is 17.4 Å². The van der Waals surface area contributed by atoms with E-state index in [1.165, 1.54) is 5.56 Å². The van der Waals surface area contributed by atoms with Crippen LogP contribution in [0.25, 0.3) is 11.3 Å². The number of amides is 1. The van der Waals surface area contributed by atoms with Crippen LogP contribution in [0.5, 0.6) is 0 Å². The Kier molecular flexibility index (Phi) is 5.27. The van der Waals surface area contributed by atoms with Crippen LogP contribution < -0.4 is 10.6 Å². The van der Waals surface area contributed by atoms with E-state index in [0.29, 0.717) is 11.4 Å². The van der Waals surface area contributed by atoms with Crippen LogP contribution in [0, 0.1) is 6.92 Å². The number of benzene rings is 2. The van der Waals surface area contributed by atoms with Gasteiger partial charge in [-0.25, -0.2) is 9.97 Å². The Balaban J connectivity index is 1.74. The van der Waals surface area contributed by atoms with Crippen LogP contribution in [-0.2, 0) is 0 Å². The summed E-state index contributed by atoms with van der Waals surface area (Å²) in [6.45, 7) is 5.94. The average Bonchev–Trinajstić information content (AvgIpc) is 2.62. The van der Waals surface area contributed by atoms with Crippen molar-refractivity contribution in [3.63, 3.8) is 0 Å². The lowest BCUT2D eigenvalue weighted by Crippen LogP contribution is -2.29. The fourth-order valence-corrected chi connectivity index (χ4v) is 2.51. The van der Waals surface area contributed by atoms with Crippen molar-refractivity contribution in [2.75, 3.05) is 5.32 Å². The van der Waals surface area contributed by atoms with Gasteiger partial charge in [-0.2, -0.15) is 0 Å². The van der Waals surface area contributed by atoms with Gasteiger partial charge in [0.2, 0.25) is 0 Å². The molecule has 0 atom stereocenters. The van der Waals surface area contributed by atoms with Crippen molar-refractivity contribution in [3.05, 3.63) is 72.1 Å². The van der Waals surface area contributed by atoms with Crippen molar-refractivity contribution in [3.8, 4) is 11.3 Å². The zero-order chi connectivity index (χ0) is 18.5. The van der Waals surface area contributed by atoms with Crippen LogP contribution in [0.15, 0.2) is 60.9 Å². The molecule has 2 aromatic carbocycles. The number of aromatic nitrogens is 2. The summed E-state index contributed by atoms with van der Waals surface area (Å²) in [7, 11) is 0. The highest BCUT2D eigenvalue weighted by Crippen LogP contribution is 2.21. The van der Waals surface area contributed by atoms with Gasteiger partial charge in [-0.05, 0) is 45.0 Å². The minimum absolute atomic E-state index is 0.0738. The summed E-state index contributed by atoms with van der Waals surface area (Å²) in [5.74, 6) is 0.630. The lowest BCUT2D eigenvalue weighted by molar-refractivity contribution is 0.0943. The molecule has 1 amide bonds. The molecular weight excluding hydrogens is 324 g/mol. The second-order valence-electron chi connectivity index (χ2n) is 6.49. The summed E-state index contributed by atoms with van der Waals surface area (Å²) in [5, 5.41) is 6.13. The summed E-state index contributed by atoms with van der Waals surface area (Å²) in [6.07, 6.45) is 1.54. The predicted octanol–water partition coefficient (Wildman–Crippen LogP) is 4.33. The van der Waals surface area contributed by atoms with Crippen LogP contribution in [0.2, 0.25) is 0 Å². The predicted molar refractivity (Wildman–Crippen MR) is 105 cm³/mol. The van der Waals surface area contributed by atoms with Gasteiger partial charge in [0.15, 0.2) is 0 Å². The topological polar surface area (TPSA) is 66.9 Å². The molecule has 5 heteroatoms. The van der Waals surface area contributed by atoms with E-state index < -0.39 is 0 Å². The number of rotatable bonds is 5. The standard InChI is InChI=1S/C21H22N4O/c1-14(2)24-21(26)17-8-10-18(11-9-17)25-20-12-19(22-13-23-20)16-6-4-15(3)5-7-16/h4-14H,1-3H3,(H,24,26)(H,22,23,25). The van der Waals surface area contributed by atoms with Gasteiger partial charge in [0, 0.05) is 28.9 Å². The number of carbonyl (C=O) groups excluding carboxylic acids is 1. The fourth-order valence-electron chi connectivity index (χ4n) is 2.51. The number of anilines is 2. The molecule has 0 aliphatic rings. The third-order valence-corrected chi connectivity index (χ3v) is 3.85. The summed E-state index contributed by atoms with van der Waals surface area (Å²) < 4.78 is 0. The monoisotopic (exact) mass is 346 g/mol. The first-order valence-electron chi connectivity index (χ1n) is 8.58. The number of nitrogens with one attached hydrogen (secondary N) is 2. The highest BCUT2D eigenvalue weighted by atomic mass is 16.1. The van der Waals surface area contributed by atoms with Crippen LogP contribution in [-0.4, -0.2) is 21.9 Å². The minimum Gasteiger partial charge on any atom is -0.350 e. The molecule has 0 unspecified atom stereocenters. The molecule has 0 saturated carbocycles. The van der Waals surface area contributed by atoms with Gasteiger partial charge >= 0.3 is 0 Å². The van der Waals surface area contributed by atoms with E-state index in [-0.39, 0.29) is 11.9 Å². The molecule has 0 saturated heterocycles. The fraction of sp³-hybridized carbons (Fsp3) is 0.190. The number of carbonyl (C=O) groups is 1. The second-order valence-corrected chi connectivity index (χ2v) is 6.49. The highest BCUT2D eigenvalue weighted by molar-refractivity contribution is 5.94. The molecule has 0 aliphatic heterocycles. The SMILES string of the molecule is Cc1ccc(-c2cc(Nc3ccc(C(=O)NC(C)C)cc3)ncn2)cc1. The summed E-state index contributed by atoms with van der Waals surface area (Å²) >= 11 is 0. The van der Waals surface area contributed by atoms with Crippen molar-refractivity contribution < 1.29 is 4.79 Å². The van der Waals surface area contributed by atoms with Crippen LogP contribution in [0.4, 0.5) is 11.5 Å². The molecule has 3 aromatic rings. The second kappa shape index (κ2) is 7.78. The van der Waals surface area contributed by atoms with Crippen LogP contribution in [0.3, 0.4) is 0 Å². The van der Waals surface area contributed by atoms with Crippen LogP contribution in [0.1, 0.15) is 29.8 Å². The highest BCUT2D eigenvalue weighted by Gasteiger charge is 2.07. The van der Waals surface area contributed by atoms with E-state index in [9.17, 15) is 4.79 Å². The van der Waals surface area contributed by atoms with E-state index >= 15 is 0 Å². The van der Waals surface area contributed by atoms with E-state index in [2.05, 4.69) is 39.7 Å². The van der Waals surface area contributed by atoms with Crippen molar-refractivity contribution in [1.29, 1.82) is 0 Å². The Morgan fingerprint density at radius 2 is 1.65 bits per heavy atom. The molecule has 1 aromatic heterocycles. The third-order valence-electron chi connectivity index (χ3n) is 3.85. The van der Waals surface area contributed by atoms with Gasteiger partial charge in [0.05, 0.1) is 5.69 Å². The largest absolute Gasteiger partial charge is 0.350 e. The van der Waals surface area contributed by atoms with Gasteiger partial charge in [0.1, 0.15) is 12.1 Å². The van der Waals surface area contributed by atoms with E-state index in [1.54, 1.807) is 18.5 Å². The number of nitrogens with zero attached hydrogens (tertiary/aromatic N) is 2. The van der Waals surface area contributed by atoms with Crippen molar-refractivity contribution in [2.45, 2.75) is 26.8 Å². The Hall–Kier alpha value is -3.21. The van der Waals surface area contributed by atoms with Crippen LogP contribution >= 0.6 is 0 Å². The Bertz CT molecular complexity index is 887. The molecule has 3 rings (SSSR count). The lowest BCUT2D eigenvalue weighted by atomic mass is 10.1. The summed E-state index contributed by atoms with van der Waals surface area (Å²) in [5.41, 5.74) is 4.60. The summed E-state index contributed by atoms with van der Waals surface area (Å²) in [6, 6.07) is 17.5.